The van der Waals surface area contributed by atoms with E-state index < -0.39 is 64.3 Å². The lowest BCUT2D eigenvalue weighted by molar-refractivity contribution is 0.0560. The van der Waals surface area contributed by atoms with Crippen LogP contribution in [0.2, 0.25) is 0 Å². The Hall–Kier alpha value is -0.570. The molecule has 1 aromatic carbocycles. The number of halogens is 1. The molecule has 0 fully saturated rings. The number of hydrogen-bond acceptors (Lipinski definition) is 2. The SMILES string of the molecule is Cl.[2H]C([2H])([2H])C([2H])([2H])C([2H])([2H])C([2H])([2H])N([C@@H](C)[C@H](O)c1ccccc1)C([2H])([2H])C([2H])([2H])C([2H])([2H])C([2H])([2H])[2H]. The molecule has 0 aliphatic carbocycles. The fourth-order valence-corrected chi connectivity index (χ4v) is 1.48. The van der Waals surface area contributed by atoms with E-state index in [1.807, 2.05) is 0 Å². The third kappa shape index (κ3) is 6.25. The number of benzene rings is 1. The molecule has 0 unspecified atom stereocenters. The van der Waals surface area contributed by atoms with Gasteiger partial charge >= 0.3 is 0 Å². The van der Waals surface area contributed by atoms with Gasteiger partial charge in [0.1, 0.15) is 0 Å². The highest BCUT2D eigenvalue weighted by Gasteiger charge is 2.22. The molecule has 0 spiro atoms. The number of aliphatic hydroxyl groups excluding tert-OH is 1. The smallest absolute Gasteiger partial charge is 0.0942 e. The molecule has 0 amide bonds. The summed E-state index contributed by atoms with van der Waals surface area (Å²) in [6, 6.07) is 4.96. The van der Waals surface area contributed by atoms with Crippen LogP contribution in [-0.4, -0.2) is 29.0 Å². The number of rotatable bonds is 9. The van der Waals surface area contributed by atoms with E-state index in [4.69, 9.17) is 24.7 Å². The van der Waals surface area contributed by atoms with Gasteiger partial charge in [0.05, 0.1) is 6.10 Å². The molecule has 0 heterocycles. The zero-order valence-corrected chi connectivity index (χ0v) is 11.7. The topological polar surface area (TPSA) is 23.5 Å². The van der Waals surface area contributed by atoms with Gasteiger partial charge in [0.15, 0.2) is 0 Å². The normalized spacial score (nSPS) is 32.8. The Balaban J connectivity index is 0.0000137. The molecule has 3 heteroatoms. The number of aliphatic hydroxyl groups is 1. The van der Waals surface area contributed by atoms with E-state index in [1.54, 1.807) is 0 Å². The zero-order chi connectivity index (χ0) is 29.8. The summed E-state index contributed by atoms with van der Waals surface area (Å²) in [5.74, 6) is 0. The first-order chi connectivity index (χ1) is 16.0. The van der Waals surface area contributed by atoms with Crippen LogP contribution in [0.1, 0.15) is 82.5 Å². The minimum atomic E-state index is -4.16. The predicted octanol–water partition coefficient (Wildman–Crippen LogP) is 4.43. The molecule has 0 radical (unpaired) electrons. The van der Waals surface area contributed by atoms with Crippen molar-refractivity contribution in [3.05, 3.63) is 35.9 Å². The summed E-state index contributed by atoms with van der Waals surface area (Å²) in [4.78, 5) is -0.356. The average Bonchev–Trinajstić information content (AvgIpc) is 2.71. The molecule has 1 N–H and O–H groups in total. The maximum absolute atomic E-state index is 10.9. The van der Waals surface area contributed by atoms with E-state index >= 15 is 0 Å². The zero-order valence-electron chi connectivity index (χ0n) is 28.8. The van der Waals surface area contributed by atoms with E-state index in [9.17, 15) is 5.11 Å². The van der Waals surface area contributed by atoms with Gasteiger partial charge < -0.3 is 5.11 Å². The van der Waals surface area contributed by atoms with Crippen LogP contribution >= 0.6 is 12.4 Å². The third-order valence-corrected chi connectivity index (χ3v) is 2.48. The highest BCUT2D eigenvalue weighted by Crippen LogP contribution is 2.21. The van der Waals surface area contributed by atoms with Gasteiger partial charge in [0.2, 0.25) is 0 Å². The molecule has 0 saturated heterocycles. The Morgan fingerprint density at radius 3 is 2.20 bits per heavy atom. The summed E-state index contributed by atoms with van der Waals surface area (Å²) in [6.45, 7) is -15.0. The van der Waals surface area contributed by atoms with Gasteiger partial charge in [-0.1, -0.05) is 56.8 Å². The number of nitrogens with zero attached hydrogens (tertiary/aromatic N) is 1. The predicted molar refractivity (Wildman–Crippen MR) is 89.5 cm³/mol. The fraction of sp³-hybridized carbons (Fsp3) is 0.647. The molecule has 1 aromatic rings. The highest BCUT2D eigenvalue weighted by atomic mass is 35.5. The molecule has 2 atom stereocenters. The molecular weight excluding hydrogens is 270 g/mol. The van der Waals surface area contributed by atoms with E-state index in [-0.39, 0.29) is 22.9 Å². The minimum Gasteiger partial charge on any atom is -0.387 e. The minimum absolute atomic E-state index is 0. The summed E-state index contributed by atoms with van der Waals surface area (Å²) in [7, 11) is 0. The number of hydrogen-bond donors (Lipinski definition) is 1. The van der Waals surface area contributed by atoms with E-state index in [0.29, 0.717) is 0 Å². The molecule has 0 aliphatic heterocycles. The Bertz CT molecular complexity index is 879. The quantitative estimate of drug-likeness (QED) is 0.728. The van der Waals surface area contributed by atoms with Crippen molar-refractivity contribution in [2.75, 3.05) is 13.0 Å². The van der Waals surface area contributed by atoms with Crippen molar-refractivity contribution in [1.29, 1.82) is 0 Å². The lowest BCUT2D eigenvalue weighted by Gasteiger charge is -2.32. The van der Waals surface area contributed by atoms with Crippen LogP contribution in [-0.2, 0) is 0 Å². The van der Waals surface area contributed by atoms with Gasteiger partial charge in [0, 0.05) is 30.7 Å². The summed E-state index contributed by atoms with van der Waals surface area (Å²) in [5, 5.41) is 10.9. The summed E-state index contributed by atoms with van der Waals surface area (Å²) in [6.07, 6.45) is -18.3. The Morgan fingerprint density at radius 2 is 1.70 bits per heavy atom. The van der Waals surface area contributed by atoms with Crippen molar-refractivity contribution in [3.63, 3.8) is 0 Å². The van der Waals surface area contributed by atoms with Crippen LogP contribution in [0.4, 0.5) is 0 Å². The molecule has 20 heavy (non-hydrogen) atoms. The van der Waals surface area contributed by atoms with Crippen LogP contribution in [0, 0.1) is 0 Å². The fourth-order valence-electron chi connectivity index (χ4n) is 1.48. The van der Waals surface area contributed by atoms with Gasteiger partial charge in [0.25, 0.3) is 0 Å². The van der Waals surface area contributed by atoms with Crippen LogP contribution in [0.15, 0.2) is 30.3 Å². The van der Waals surface area contributed by atoms with Crippen molar-refractivity contribution >= 4 is 12.4 Å². The van der Waals surface area contributed by atoms with Crippen molar-refractivity contribution in [2.45, 2.75) is 58.3 Å². The maximum Gasteiger partial charge on any atom is 0.0942 e. The second kappa shape index (κ2) is 11.1. The van der Waals surface area contributed by atoms with Crippen molar-refractivity contribution in [1.82, 2.24) is 4.90 Å². The van der Waals surface area contributed by atoms with Crippen LogP contribution in [0.25, 0.3) is 0 Å². The Kier molecular flexibility index (Phi) is 2.77. The maximum atomic E-state index is 10.9. The van der Waals surface area contributed by atoms with Crippen molar-refractivity contribution < 1.29 is 29.8 Å². The van der Waals surface area contributed by atoms with Gasteiger partial charge in [-0.05, 0) is 38.2 Å². The van der Waals surface area contributed by atoms with E-state index in [2.05, 4.69) is 0 Å². The van der Waals surface area contributed by atoms with Crippen molar-refractivity contribution in [2.24, 2.45) is 0 Å². The summed E-state index contributed by atoms with van der Waals surface area (Å²) < 4.78 is 142. The van der Waals surface area contributed by atoms with Gasteiger partial charge in [-0.3, -0.25) is 4.90 Å². The first kappa shape index (κ1) is 4.97. The monoisotopic (exact) mass is 317 g/mol. The average molecular weight is 318 g/mol. The molecule has 0 saturated carbocycles. The summed E-state index contributed by atoms with van der Waals surface area (Å²) >= 11 is 0. The van der Waals surface area contributed by atoms with Gasteiger partial charge in [-0.15, -0.1) is 12.4 Å². The first-order valence-corrected chi connectivity index (χ1v) is 5.57. The van der Waals surface area contributed by atoms with Crippen molar-refractivity contribution in [3.8, 4) is 0 Å². The Morgan fingerprint density at radius 1 is 1.15 bits per heavy atom. The molecule has 0 bridgehead atoms. The lowest BCUT2D eigenvalue weighted by Crippen LogP contribution is -2.39. The second-order valence-electron chi connectivity index (χ2n) is 3.69. The van der Waals surface area contributed by atoms with Gasteiger partial charge in [-0.2, -0.15) is 0 Å². The lowest BCUT2D eigenvalue weighted by atomic mass is 10.0. The molecule has 1 rings (SSSR count). The molecule has 116 valence electrons. The molecule has 2 nitrogen and oxygen atoms in total. The van der Waals surface area contributed by atoms with Crippen LogP contribution < -0.4 is 0 Å². The molecular formula is C17H30ClNO. The van der Waals surface area contributed by atoms with Crippen LogP contribution in [0.5, 0.6) is 0 Å². The third-order valence-electron chi connectivity index (χ3n) is 2.48. The van der Waals surface area contributed by atoms with E-state index in [0.717, 1.165) is 6.92 Å². The molecule has 0 aliphatic rings. The van der Waals surface area contributed by atoms with Crippen LogP contribution in [0.3, 0.4) is 0 Å². The molecule has 0 aromatic heterocycles. The van der Waals surface area contributed by atoms with Gasteiger partial charge in [-0.25, -0.2) is 0 Å². The highest BCUT2D eigenvalue weighted by molar-refractivity contribution is 5.85. The largest absolute Gasteiger partial charge is 0.387 e. The summed E-state index contributed by atoms with van der Waals surface area (Å²) in [5.41, 5.74) is -0.00890. The second-order valence-corrected chi connectivity index (χ2v) is 3.69. The first-order valence-electron chi connectivity index (χ1n) is 14.6. The van der Waals surface area contributed by atoms with E-state index in [1.165, 1.54) is 30.3 Å². The standard InChI is InChI=1S/C17H29NO.ClH/c1-4-6-13-18(14-7-5-2)15(3)17(19)16-11-9-8-10-12-16;/h8-12,15,17,19H,4-7,13-14H2,1-3H3;1H/t15-,17-;/m0./s1/i1D3,2D3,4D2,5D2,6D2,7D2,13D2,14D2;. The Labute approximate surface area is 155 Å².